The first-order valence-corrected chi connectivity index (χ1v) is 8.90. The Morgan fingerprint density at radius 1 is 0.840 bits per heavy atom. The lowest BCUT2D eigenvalue weighted by Crippen LogP contribution is -2.38. The summed E-state index contributed by atoms with van der Waals surface area (Å²) < 4.78 is 0. The minimum Gasteiger partial charge on any atom is -0.278 e. The summed E-state index contributed by atoms with van der Waals surface area (Å²) in [5.41, 5.74) is 3.21. The molecule has 0 N–H and O–H groups in total. The molecule has 2 bridgehead atoms. The summed E-state index contributed by atoms with van der Waals surface area (Å²) in [5.74, 6) is -1.13. The van der Waals surface area contributed by atoms with Crippen molar-refractivity contribution >= 4 is 23.4 Å². The molecule has 4 heteroatoms. The number of hydrogen-bond acceptors (Lipinski definition) is 2. The van der Waals surface area contributed by atoms with Gasteiger partial charge in [-0.2, -0.15) is 0 Å². The van der Waals surface area contributed by atoms with E-state index in [9.17, 15) is 9.59 Å². The lowest BCUT2D eigenvalue weighted by atomic mass is 9.60. The second-order valence-electron chi connectivity index (χ2n) is 6.98. The van der Waals surface area contributed by atoms with Gasteiger partial charge in [-0.1, -0.05) is 72.3 Å². The maximum Gasteiger partial charge on any atom is 0.234 e. The quantitative estimate of drug-likeness (QED) is 0.773. The molecule has 1 aliphatic heterocycles. The van der Waals surface area contributed by atoms with E-state index in [0.29, 0.717) is 11.6 Å². The standard InChI is InChI=1S/C21H16ClNO2/c22-16-10-15-13-8-4-5-9-14(13)17(16)19-18(15)20(24)23(21(19)25)11-12-6-2-1-3-7-12/h1-10,15,17-19H,11H2/t15-,17+,18-,19+/m1/s1. The van der Waals surface area contributed by atoms with Gasteiger partial charge >= 0.3 is 0 Å². The van der Waals surface area contributed by atoms with Crippen LogP contribution in [0.1, 0.15) is 28.5 Å². The van der Waals surface area contributed by atoms with Gasteiger partial charge in [-0.25, -0.2) is 0 Å². The van der Waals surface area contributed by atoms with Gasteiger partial charge in [-0.15, -0.1) is 0 Å². The molecule has 4 atom stereocenters. The number of likely N-dealkylation sites (tertiary alicyclic amines) is 1. The number of amides is 2. The first-order chi connectivity index (χ1) is 12.2. The highest BCUT2D eigenvalue weighted by atomic mass is 35.5. The Kier molecular flexibility index (Phi) is 3.16. The molecule has 0 spiro atoms. The highest BCUT2D eigenvalue weighted by Crippen LogP contribution is 2.59. The van der Waals surface area contributed by atoms with E-state index in [1.807, 2.05) is 54.6 Å². The van der Waals surface area contributed by atoms with E-state index >= 15 is 0 Å². The molecule has 3 aliphatic carbocycles. The van der Waals surface area contributed by atoms with Crippen LogP contribution < -0.4 is 0 Å². The van der Waals surface area contributed by atoms with Crippen LogP contribution in [-0.4, -0.2) is 16.7 Å². The molecule has 2 amide bonds. The van der Waals surface area contributed by atoms with Gasteiger partial charge in [0.25, 0.3) is 0 Å². The SMILES string of the molecule is O=C1[C@@H]2[C@H](C(=O)N1Cc1ccccc1)[C@@H]1C=C(Cl)[C@@H]2c2ccccc21. The van der Waals surface area contributed by atoms with Crippen molar-refractivity contribution in [2.75, 3.05) is 0 Å². The monoisotopic (exact) mass is 349 g/mol. The van der Waals surface area contributed by atoms with Gasteiger partial charge in [-0.3, -0.25) is 14.5 Å². The zero-order valence-electron chi connectivity index (χ0n) is 13.4. The number of imide groups is 1. The summed E-state index contributed by atoms with van der Waals surface area (Å²) in [6.07, 6.45) is 1.98. The molecular weight excluding hydrogens is 334 g/mol. The van der Waals surface area contributed by atoms with Crippen molar-refractivity contribution in [3.05, 3.63) is 82.4 Å². The first kappa shape index (κ1) is 14.9. The Bertz CT molecular complexity index is 921. The number of allylic oxidation sites excluding steroid dienone is 2. The Balaban J connectivity index is 1.57. The fourth-order valence-electron chi connectivity index (χ4n) is 4.70. The molecule has 25 heavy (non-hydrogen) atoms. The van der Waals surface area contributed by atoms with Crippen molar-refractivity contribution in [1.82, 2.24) is 4.90 Å². The van der Waals surface area contributed by atoms with E-state index in [-0.39, 0.29) is 35.5 Å². The second kappa shape index (κ2) is 5.30. The summed E-state index contributed by atoms with van der Waals surface area (Å²) in [6, 6.07) is 17.7. The van der Waals surface area contributed by atoms with Gasteiger partial charge in [0.1, 0.15) is 0 Å². The zero-order valence-corrected chi connectivity index (χ0v) is 14.2. The molecule has 1 saturated heterocycles. The molecule has 0 unspecified atom stereocenters. The summed E-state index contributed by atoms with van der Waals surface area (Å²) in [6.45, 7) is 0.332. The van der Waals surface area contributed by atoms with Crippen molar-refractivity contribution in [2.45, 2.75) is 18.4 Å². The van der Waals surface area contributed by atoms with Crippen molar-refractivity contribution in [1.29, 1.82) is 0 Å². The van der Waals surface area contributed by atoms with E-state index in [1.165, 1.54) is 4.90 Å². The average Bonchev–Trinajstić information content (AvgIpc) is 2.89. The van der Waals surface area contributed by atoms with E-state index < -0.39 is 0 Å². The number of halogens is 1. The molecule has 2 aromatic rings. The normalized spacial score (nSPS) is 29.5. The Morgan fingerprint density at radius 2 is 1.48 bits per heavy atom. The van der Waals surface area contributed by atoms with E-state index in [4.69, 9.17) is 11.6 Å². The molecule has 2 aromatic carbocycles. The third-order valence-corrected chi connectivity index (χ3v) is 6.11. The summed E-state index contributed by atoms with van der Waals surface area (Å²) >= 11 is 6.51. The minimum atomic E-state index is -0.367. The smallest absolute Gasteiger partial charge is 0.234 e. The largest absolute Gasteiger partial charge is 0.278 e. The molecule has 0 radical (unpaired) electrons. The van der Waals surface area contributed by atoms with Gasteiger partial charge in [0, 0.05) is 16.9 Å². The highest BCUT2D eigenvalue weighted by molar-refractivity contribution is 6.31. The first-order valence-electron chi connectivity index (χ1n) is 8.52. The lowest BCUT2D eigenvalue weighted by molar-refractivity contribution is -0.140. The van der Waals surface area contributed by atoms with Crippen LogP contribution in [0.2, 0.25) is 0 Å². The number of carbonyl (C=O) groups is 2. The topological polar surface area (TPSA) is 37.4 Å². The van der Waals surface area contributed by atoms with Crippen molar-refractivity contribution in [3.63, 3.8) is 0 Å². The molecule has 3 nitrogen and oxygen atoms in total. The molecule has 0 saturated carbocycles. The van der Waals surface area contributed by atoms with Crippen LogP contribution in [-0.2, 0) is 16.1 Å². The van der Waals surface area contributed by atoms with E-state index in [0.717, 1.165) is 16.7 Å². The molecule has 4 aliphatic rings. The van der Waals surface area contributed by atoms with Crippen LogP contribution in [0.15, 0.2) is 65.7 Å². The van der Waals surface area contributed by atoms with Gasteiger partial charge in [-0.05, 0) is 16.7 Å². The molecule has 1 heterocycles. The van der Waals surface area contributed by atoms with Crippen LogP contribution >= 0.6 is 11.6 Å². The predicted octanol–water partition coefficient (Wildman–Crippen LogP) is 3.81. The zero-order chi connectivity index (χ0) is 17.1. The average molecular weight is 350 g/mol. The molecule has 124 valence electrons. The Morgan fingerprint density at radius 3 is 2.24 bits per heavy atom. The summed E-state index contributed by atoms with van der Waals surface area (Å²) in [7, 11) is 0. The lowest BCUT2D eigenvalue weighted by Gasteiger charge is -2.42. The summed E-state index contributed by atoms with van der Waals surface area (Å²) in [5, 5.41) is 0.702. The highest BCUT2D eigenvalue weighted by Gasteiger charge is 2.59. The number of benzene rings is 2. The number of nitrogens with zero attached hydrogens (tertiary/aromatic N) is 1. The van der Waals surface area contributed by atoms with Gasteiger partial charge in [0.2, 0.25) is 11.8 Å². The minimum absolute atomic E-state index is 0.0660. The van der Waals surface area contributed by atoms with Crippen LogP contribution in [0.4, 0.5) is 0 Å². The van der Waals surface area contributed by atoms with E-state index in [1.54, 1.807) is 0 Å². The Hall–Kier alpha value is -2.39. The molecular formula is C21H16ClNO2. The van der Waals surface area contributed by atoms with Crippen molar-refractivity contribution in [2.24, 2.45) is 11.8 Å². The predicted molar refractivity (Wildman–Crippen MR) is 94.8 cm³/mol. The van der Waals surface area contributed by atoms with Crippen molar-refractivity contribution in [3.8, 4) is 0 Å². The fourth-order valence-corrected chi connectivity index (χ4v) is 5.09. The maximum absolute atomic E-state index is 13.1. The van der Waals surface area contributed by atoms with Crippen LogP contribution in [0.5, 0.6) is 0 Å². The van der Waals surface area contributed by atoms with Crippen molar-refractivity contribution < 1.29 is 9.59 Å². The maximum atomic E-state index is 13.1. The van der Waals surface area contributed by atoms with E-state index in [2.05, 4.69) is 6.07 Å². The second-order valence-corrected chi connectivity index (χ2v) is 7.42. The summed E-state index contributed by atoms with van der Waals surface area (Å²) in [4.78, 5) is 27.6. The molecule has 6 rings (SSSR count). The van der Waals surface area contributed by atoms with Gasteiger partial charge < -0.3 is 0 Å². The number of rotatable bonds is 2. The molecule has 1 fully saturated rings. The third-order valence-electron chi connectivity index (χ3n) is 5.74. The number of carbonyl (C=O) groups excluding carboxylic acids is 2. The third kappa shape index (κ3) is 1.99. The van der Waals surface area contributed by atoms with Crippen LogP contribution in [0.25, 0.3) is 0 Å². The molecule has 0 aromatic heterocycles. The number of hydrogen-bond donors (Lipinski definition) is 0. The van der Waals surface area contributed by atoms with Crippen LogP contribution in [0, 0.1) is 11.8 Å². The van der Waals surface area contributed by atoms with Gasteiger partial charge in [0.15, 0.2) is 0 Å². The Labute approximate surface area is 150 Å². The van der Waals surface area contributed by atoms with Crippen LogP contribution in [0.3, 0.4) is 0 Å². The van der Waals surface area contributed by atoms with Gasteiger partial charge in [0.05, 0.1) is 18.4 Å². The fraction of sp³-hybridized carbons (Fsp3) is 0.238.